The van der Waals surface area contributed by atoms with E-state index < -0.39 is 5.60 Å². The third-order valence-corrected chi connectivity index (χ3v) is 4.78. The van der Waals surface area contributed by atoms with E-state index in [-0.39, 0.29) is 11.3 Å². The fraction of sp³-hybridized carbons (Fsp3) is 0.611. The van der Waals surface area contributed by atoms with E-state index in [4.69, 9.17) is 4.74 Å². The Balaban J connectivity index is 2.64. The van der Waals surface area contributed by atoms with Crippen LogP contribution in [0.15, 0.2) is 17.2 Å². The van der Waals surface area contributed by atoms with E-state index in [2.05, 4.69) is 18.0 Å². The largest absolute Gasteiger partial charge is 0.444 e. The molecule has 0 aromatic carbocycles. The van der Waals surface area contributed by atoms with Crippen LogP contribution in [-0.4, -0.2) is 40.4 Å². The highest BCUT2D eigenvalue weighted by molar-refractivity contribution is 7.99. The smallest absolute Gasteiger partial charge is 0.410 e. The maximum absolute atomic E-state index is 12.0. The number of hydrogen-bond acceptors (Lipinski definition) is 5. The molecule has 1 aromatic heterocycles. The molecule has 1 unspecified atom stereocenters. The molecule has 1 aromatic rings. The molecule has 0 saturated carbocycles. The fourth-order valence-electron chi connectivity index (χ4n) is 1.98. The molecule has 0 fully saturated rings. The highest BCUT2D eigenvalue weighted by atomic mass is 32.2. The van der Waals surface area contributed by atoms with Gasteiger partial charge >= 0.3 is 6.09 Å². The van der Waals surface area contributed by atoms with Crippen LogP contribution in [-0.2, 0) is 4.74 Å². The molecule has 0 saturated heterocycles. The Morgan fingerprint density at radius 2 is 2.12 bits per heavy atom. The Kier molecular flexibility index (Phi) is 7.56. The number of ether oxygens (including phenoxy) is 1. The number of rotatable bonds is 6. The summed E-state index contributed by atoms with van der Waals surface area (Å²) in [6.07, 6.45) is 1.44. The van der Waals surface area contributed by atoms with Crippen LogP contribution in [0.5, 0.6) is 0 Å². The van der Waals surface area contributed by atoms with Gasteiger partial charge in [0.15, 0.2) is 0 Å². The van der Waals surface area contributed by atoms with Gasteiger partial charge in [0, 0.05) is 24.5 Å². The Labute approximate surface area is 149 Å². The summed E-state index contributed by atoms with van der Waals surface area (Å²) in [7, 11) is 1.75. The molecule has 0 aliphatic carbocycles. The van der Waals surface area contributed by atoms with Gasteiger partial charge < -0.3 is 9.64 Å². The van der Waals surface area contributed by atoms with Crippen LogP contribution in [0.1, 0.15) is 51.8 Å². The summed E-state index contributed by atoms with van der Waals surface area (Å²) in [6.45, 7) is 10.2. The topological polar surface area (TPSA) is 66.2 Å². The van der Waals surface area contributed by atoms with Gasteiger partial charge in [-0.15, -0.1) is 11.8 Å². The van der Waals surface area contributed by atoms with Crippen LogP contribution < -0.4 is 0 Å². The summed E-state index contributed by atoms with van der Waals surface area (Å²) in [6, 6.07) is 5.85. The Morgan fingerprint density at radius 3 is 2.67 bits per heavy atom. The third-order valence-electron chi connectivity index (χ3n) is 3.35. The fourth-order valence-corrected chi connectivity index (χ4v) is 3.12. The minimum atomic E-state index is -0.489. The second-order valence-corrected chi connectivity index (χ2v) is 8.04. The van der Waals surface area contributed by atoms with Gasteiger partial charge in [-0.1, -0.05) is 6.92 Å². The number of thioether (sulfide) groups is 1. The van der Waals surface area contributed by atoms with E-state index in [1.165, 1.54) is 0 Å². The summed E-state index contributed by atoms with van der Waals surface area (Å²) in [5.41, 5.74) is 1.01. The predicted molar refractivity (Wildman–Crippen MR) is 97.1 cm³/mol. The van der Waals surface area contributed by atoms with Gasteiger partial charge in [0.1, 0.15) is 16.7 Å². The standard InChI is InChI=1S/C18H27N3O2S/c1-7-15(10-11-21(6)17(22)23-18(3,4)5)24-16-14(12-19)9-8-13(2)20-16/h8-9,15H,7,10-11H2,1-6H3. The maximum atomic E-state index is 12.0. The highest BCUT2D eigenvalue weighted by Gasteiger charge is 2.21. The van der Waals surface area contributed by atoms with Crippen LogP contribution in [0.25, 0.3) is 0 Å². The summed E-state index contributed by atoms with van der Waals surface area (Å²) in [5.74, 6) is 0. The van der Waals surface area contributed by atoms with Gasteiger partial charge in [-0.2, -0.15) is 5.26 Å². The van der Waals surface area contributed by atoms with Crippen molar-refractivity contribution in [2.45, 2.75) is 63.3 Å². The maximum Gasteiger partial charge on any atom is 0.410 e. The molecule has 0 spiro atoms. The van der Waals surface area contributed by atoms with Crippen LogP contribution >= 0.6 is 11.8 Å². The number of pyridine rings is 1. The minimum absolute atomic E-state index is 0.288. The van der Waals surface area contributed by atoms with Gasteiger partial charge in [0.25, 0.3) is 0 Å². The molecule has 0 N–H and O–H groups in total. The zero-order valence-corrected chi connectivity index (χ0v) is 16.2. The second kappa shape index (κ2) is 8.93. The number of amides is 1. The quantitative estimate of drug-likeness (QED) is 0.713. The average molecular weight is 350 g/mol. The van der Waals surface area contributed by atoms with E-state index in [0.717, 1.165) is 23.6 Å². The number of aryl methyl sites for hydroxylation is 1. The van der Waals surface area contributed by atoms with Crippen molar-refractivity contribution in [1.82, 2.24) is 9.88 Å². The average Bonchev–Trinajstić information content (AvgIpc) is 2.49. The first-order chi connectivity index (χ1) is 11.2. The normalized spacial score (nSPS) is 12.4. The van der Waals surface area contributed by atoms with Gasteiger partial charge in [-0.05, 0) is 52.7 Å². The van der Waals surface area contributed by atoms with E-state index in [0.29, 0.717) is 12.1 Å². The lowest BCUT2D eigenvalue weighted by molar-refractivity contribution is 0.0297. The monoisotopic (exact) mass is 349 g/mol. The second-order valence-electron chi connectivity index (χ2n) is 6.76. The first kappa shape index (κ1) is 20.3. The van der Waals surface area contributed by atoms with Crippen LogP contribution in [0.2, 0.25) is 0 Å². The van der Waals surface area contributed by atoms with Crippen molar-refractivity contribution in [1.29, 1.82) is 5.26 Å². The van der Waals surface area contributed by atoms with E-state index in [1.807, 2.05) is 39.8 Å². The highest BCUT2D eigenvalue weighted by Crippen LogP contribution is 2.29. The van der Waals surface area contributed by atoms with E-state index in [1.54, 1.807) is 23.7 Å². The third kappa shape index (κ3) is 6.79. The summed E-state index contributed by atoms with van der Waals surface area (Å²) < 4.78 is 5.36. The molecule has 0 aliphatic heterocycles. The SMILES string of the molecule is CCC(CCN(C)C(=O)OC(C)(C)C)Sc1nc(C)ccc1C#N. The van der Waals surface area contributed by atoms with Gasteiger partial charge in [0.05, 0.1) is 5.56 Å². The van der Waals surface area contributed by atoms with Crippen LogP contribution in [0.4, 0.5) is 4.79 Å². The lowest BCUT2D eigenvalue weighted by Gasteiger charge is -2.25. The molecule has 0 radical (unpaired) electrons. The van der Waals surface area contributed by atoms with Crippen LogP contribution in [0.3, 0.4) is 0 Å². The van der Waals surface area contributed by atoms with Gasteiger partial charge in [-0.25, -0.2) is 9.78 Å². The zero-order chi connectivity index (χ0) is 18.3. The molecular weight excluding hydrogens is 322 g/mol. The van der Waals surface area contributed by atoms with E-state index >= 15 is 0 Å². The number of carbonyl (C=O) groups excluding carboxylic acids is 1. The number of carbonyl (C=O) groups is 1. The van der Waals surface area contributed by atoms with Crippen molar-refractivity contribution in [2.24, 2.45) is 0 Å². The van der Waals surface area contributed by atoms with Crippen molar-refractivity contribution in [2.75, 3.05) is 13.6 Å². The van der Waals surface area contributed by atoms with Crippen molar-refractivity contribution in [3.8, 4) is 6.07 Å². The zero-order valence-electron chi connectivity index (χ0n) is 15.4. The minimum Gasteiger partial charge on any atom is -0.444 e. The number of nitriles is 1. The molecule has 1 rings (SSSR count). The van der Waals surface area contributed by atoms with Crippen LogP contribution in [0, 0.1) is 18.3 Å². The molecular formula is C18H27N3O2S. The first-order valence-electron chi connectivity index (χ1n) is 8.14. The first-order valence-corrected chi connectivity index (χ1v) is 9.02. The van der Waals surface area contributed by atoms with Crippen molar-refractivity contribution >= 4 is 17.9 Å². The Morgan fingerprint density at radius 1 is 1.46 bits per heavy atom. The number of hydrogen-bond donors (Lipinski definition) is 0. The molecule has 24 heavy (non-hydrogen) atoms. The lowest BCUT2D eigenvalue weighted by Crippen LogP contribution is -2.35. The molecule has 6 heteroatoms. The summed E-state index contributed by atoms with van der Waals surface area (Å²) in [4.78, 5) is 18.1. The Bertz CT molecular complexity index is 605. The summed E-state index contributed by atoms with van der Waals surface area (Å²) >= 11 is 1.61. The van der Waals surface area contributed by atoms with E-state index in [9.17, 15) is 10.1 Å². The Hall–Kier alpha value is -1.74. The van der Waals surface area contributed by atoms with Crippen molar-refractivity contribution in [3.05, 3.63) is 23.4 Å². The molecule has 0 aliphatic rings. The van der Waals surface area contributed by atoms with Crippen molar-refractivity contribution in [3.63, 3.8) is 0 Å². The number of nitrogens with zero attached hydrogens (tertiary/aromatic N) is 3. The lowest BCUT2D eigenvalue weighted by atomic mass is 10.2. The molecule has 1 amide bonds. The molecule has 1 atom stereocenters. The number of aromatic nitrogens is 1. The molecule has 0 bridgehead atoms. The molecule has 132 valence electrons. The molecule has 1 heterocycles. The summed E-state index contributed by atoms with van der Waals surface area (Å²) in [5, 5.41) is 10.3. The van der Waals surface area contributed by atoms with Gasteiger partial charge in [-0.3, -0.25) is 0 Å². The van der Waals surface area contributed by atoms with Crippen molar-refractivity contribution < 1.29 is 9.53 Å². The van der Waals surface area contributed by atoms with Gasteiger partial charge in [0.2, 0.25) is 0 Å². The predicted octanol–water partition coefficient (Wildman–Crippen LogP) is 4.39. The molecule has 5 nitrogen and oxygen atoms in total.